The van der Waals surface area contributed by atoms with Gasteiger partial charge in [-0.2, -0.15) is 0 Å². The van der Waals surface area contributed by atoms with Crippen LogP contribution in [0.1, 0.15) is 11.4 Å². The van der Waals surface area contributed by atoms with Gasteiger partial charge in [0, 0.05) is 35.9 Å². The Morgan fingerprint density at radius 3 is 2.46 bits per heavy atom. The molecule has 0 aliphatic rings. The van der Waals surface area contributed by atoms with Crippen molar-refractivity contribution in [3.8, 4) is 34.4 Å². The van der Waals surface area contributed by atoms with Crippen molar-refractivity contribution < 1.29 is 4.39 Å². The molecular formula is C21H13FN6. The van der Waals surface area contributed by atoms with E-state index in [4.69, 9.17) is 5.73 Å². The molecule has 0 aromatic carbocycles. The maximum atomic E-state index is 14.4. The van der Waals surface area contributed by atoms with E-state index in [0.29, 0.717) is 22.6 Å². The molecular weight excluding hydrogens is 355 g/mol. The van der Waals surface area contributed by atoms with Crippen molar-refractivity contribution in [2.75, 3.05) is 5.73 Å². The third-order valence-electron chi connectivity index (χ3n) is 3.86. The van der Waals surface area contributed by atoms with E-state index in [9.17, 15) is 4.39 Å². The first-order chi connectivity index (χ1) is 13.7. The normalized spacial score (nSPS) is 10.2. The number of pyridine rings is 3. The minimum atomic E-state index is -0.518. The predicted molar refractivity (Wildman–Crippen MR) is 103 cm³/mol. The van der Waals surface area contributed by atoms with E-state index >= 15 is 0 Å². The van der Waals surface area contributed by atoms with Gasteiger partial charge >= 0.3 is 0 Å². The molecule has 0 fully saturated rings. The summed E-state index contributed by atoms with van der Waals surface area (Å²) in [6.07, 6.45) is 7.51. The molecule has 0 aliphatic carbocycles. The predicted octanol–water partition coefficient (Wildman–Crippen LogP) is 3.12. The Hall–Kier alpha value is -4.18. The van der Waals surface area contributed by atoms with Crippen LogP contribution in [0.4, 0.5) is 10.2 Å². The van der Waals surface area contributed by atoms with E-state index in [1.54, 1.807) is 42.9 Å². The Balaban J connectivity index is 1.91. The molecule has 0 bridgehead atoms. The number of hydrogen-bond acceptors (Lipinski definition) is 6. The summed E-state index contributed by atoms with van der Waals surface area (Å²) < 4.78 is 14.4. The Labute approximate surface area is 160 Å². The molecule has 134 valence electrons. The van der Waals surface area contributed by atoms with Crippen molar-refractivity contribution in [3.63, 3.8) is 0 Å². The number of aromatic nitrogens is 5. The lowest BCUT2D eigenvalue weighted by Crippen LogP contribution is -2.04. The topological polar surface area (TPSA) is 90.5 Å². The Bertz CT molecular complexity index is 1180. The van der Waals surface area contributed by atoms with Gasteiger partial charge in [0.15, 0.2) is 17.3 Å². The molecule has 0 unspecified atom stereocenters. The molecule has 0 saturated heterocycles. The maximum absolute atomic E-state index is 14.4. The van der Waals surface area contributed by atoms with Crippen LogP contribution in [-0.2, 0) is 0 Å². The van der Waals surface area contributed by atoms with E-state index in [1.807, 2.05) is 6.07 Å². The molecule has 2 N–H and O–H groups in total. The standard InChI is InChI=1S/C21H13FN6/c22-17-13-25-11-8-16(17)20-19(14-4-3-9-24-12-14)28-21(23)18(27-20)7-6-15-5-1-2-10-26-15/h1-5,8-13H,(H2,23,28). The van der Waals surface area contributed by atoms with E-state index in [2.05, 4.69) is 36.8 Å². The molecule has 0 radical (unpaired) electrons. The monoisotopic (exact) mass is 368 g/mol. The number of nitrogens with two attached hydrogens (primary N) is 1. The average molecular weight is 368 g/mol. The molecule has 0 spiro atoms. The van der Waals surface area contributed by atoms with Crippen LogP contribution >= 0.6 is 0 Å². The molecule has 6 nitrogen and oxygen atoms in total. The van der Waals surface area contributed by atoms with E-state index in [1.165, 1.54) is 12.3 Å². The van der Waals surface area contributed by atoms with Crippen LogP contribution in [0.5, 0.6) is 0 Å². The van der Waals surface area contributed by atoms with Crippen LogP contribution in [0.2, 0.25) is 0 Å². The smallest absolute Gasteiger partial charge is 0.158 e. The SMILES string of the molecule is Nc1nc(-c2cccnc2)c(-c2ccncc2F)nc1C#Cc1ccccn1. The Morgan fingerprint density at radius 1 is 0.821 bits per heavy atom. The minimum absolute atomic E-state index is 0.139. The lowest BCUT2D eigenvalue weighted by atomic mass is 10.1. The molecule has 28 heavy (non-hydrogen) atoms. The summed E-state index contributed by atoms with van der Waals surface area (Å²) in [5.41, 5.74) is 8.54. The summed E-state index contributed by atoms with van der Waals surface area (Å²) in [6.45, 7) is 0. The maximum Gasteiger partial charge on any atom is 0.158 e. The zero-order valence-electron chi connectivity index (χ0n) is 14.5. The van der Waals surface area contributed by atoms with Gasteiger partial charge in [0.1, 0.15) is 17.1 Å². The van der Waals surface area contributed by atoms with Crippen LogP contribution in [0.15, 0.2) is 67.4 Å². The first-order valence-electron chi connectivity index (χ1n) is 8.33. The van der Waals surface area contributed by atoms with Crippen molar-refractivity contribution in [2.24, 2.45) is 0 Å². The molecule has 4 rings (SSSR count). The van der Waals surface area contributed by atoms with Gasteiger partial charge in [0.05, 0.1) is 6.20 Å². The first-order valence-corrected chi connectivity index (χ1v) is 8.33. The van der Waals surface area contributed by atoms with Crippen LogP contribution in [0, 0.1) is 17.7 Å². The minimum Gasteiger partial charge on any atom is -0.381 e. The Morgan fingerprint density at radius 2 is 1.71 bits per heavy atom. The number of rotatable bonds is 2. The van der Waals surface area contributed by atoms with E-state index < -0.39 is 5.82 Å². The van der Waals surface area contributed by atoms with Gasteiger partial charge < -0.3 is 5.73 Å². The second kappa shape index (κ2) is 7.60. The van der Waals surface area contributed by atoms with Gasteiger partial charge in [-0.25, -0.2) is 19.3 Å². The van der Waals surface area contributed by atoms with Crippen LogP contribution in [0.3, 0.4) is 0 Å². The van der Waals surface area contributed by atoms with Crippen LogP contribution in [0.25, 0.3) is 22.5 Å². The van der Waals surface area contributed by atoms with Gasteiger partial charge in [-0.05, 0) is 42.2 Å². The number of nitrogens with zero attached hydrogens (tertiary/aromatic N) is 5. The quantitative estimate of drug-likeness (QED) is 0.547. The average Bonchev–Trinajstić information content (AvgIpc) is 2.74. The van der Waals surface area contributed by atoms with Crippen molar-refractivity contribution >= 4 is 5.82 Å². The van der Waals surface area contributed by atoms with E-state index in [-0.39, 0.29) is 17.1 Å². The highest BCUT2D eigenvalue weighted by Crippen LogP contribution is 2.31. The number of hydrogen-bond donors (Lipinski definition) is 1. The fraction of sp³-hybridized carbons (Fsp3) is 0. The van der Waals surface area contributed by atoms with Gasteiger partial charge in [-0.1, -0.05) is 6.07 Å². The number of nitrogen functional groups attached to an aromatic ring is 1. The fourth-order valence-electron chi connectivity index (χ4n) is 2.56. The second-order valence-electron chi connectivity index (χ2n) is 5.72. The number of halogens is 1. The van der Waals surface area contributed by atoms with Crippen LogP contribution in [-0.4, -0.2) is 24.9 Å². The zero-order chi connectivity index (χ0) is 19.3. The molecule has 4 heterocycles. The highest BCUT2D eigenvalue weighted by molar-refractivity contribution is 5.79. The van der Waals surface area contributed by atoms with Gasteiger partial charge in [0.2, 0.25) is 0 Å². The Kier molecular flexibility index (Phi) is 4.68. The summed E-state index contributed by atoms with van der Waals surface area (Å²) in [6, 6.07) is 10.5. The lowest BCUT2D eigenvalue weighted by Gasteiger charge is -2.11. The fourth-order valence-corrected chi connectivity index (χ4v) is 2.56. The van der Waals surface area contributed by atoms with Crippen molar-refractivity contribution in [3.05, 3.63) is 84.6 Å². The second-order valence-corrected chi connectivity index (χ2v) is 5.72. The largest absolute Gasteiger partial charge is 0.381 e. The van der Waals surface area contributed by atoms with Crippen molar-refractivity contribution in [1.29, 1.82) is 0 Å². The summed E-state index contributed by atoms with van der Waals surface area (Å²) in [4.78, 5) is 21.0. The van der Waals surface area contributed by atoms with Gasteiger partial charge in [-0.15, -0.1) is 0 Å². The summed E-state index contributed by atoms with van der Waals surface area (Å²) in [7, 11) is 0. The third kappa shape index (κ3) is 3.52. The molecule has 0 aliphatic heterocycles. The zero-order valence-corrected chi connectivity index (χ0v) is 14.5. The highest BCUT2D eigenvalue weighted by Gasteiger charge is 2.17. The van der Waals surface area contributed by atoms with E-state index in [0.717, 1.165) is 6.20 Å². The highest BCUT2D eigenvalue weighted by atomic mass is 19.1. The summed E-state index contributed by atoms with van der Waals surface area (Å²) >= 11 is 0. The first kappa shape index (κ1) is 17.2. The third-order valence-corrected chi connectivity index (χ3v) is 3.86. The lowest BCUT2D eigenvalue weighted by molar-refractivity contribution is 0.624. The summed E-state index contributed by atoms with van der Waals surface area (Å²) in [5, 5.41) is 0. The summed E-state index contributed by atoms with van der Waals surface area (Å²) in [5.74, 6) is 5.39. The molecule has 4 aromatic heterocycles. The molecule has 4 aromatic rings. The number of anilines is 1. The van der Waals surface area contributed by atoms with Crippen LogP contribution < -0.4 is 5.73 Å². The van der Waals surface area contributed by atoms with Gasteiger partial charge in [-0.3, -0.25) is 9.97 Å². The molecule has 0 amide bonds. The van der Waals surface area contributed by atoms with Gasteiger partial charge in [0.25, 0.3) is 0 Å². The van der Waals surface area contributed by atoms with Crippen molar-refractivity contribution in [2.45, 2.75) is 0 Å². The molecule has 0 atom stereocenters. The van der Waals surface area contributed by atoms with Crippen molar-refractivity contribution in [1.82, 2.24) is 24.9 Å². The molecule has 7 heteroatoms. The molecule has 0 saturated carbocycles.